The first-order chi connectivity index (χ1) is 17.1. The normalized spacial score (nSPS) is 14.2. The molecule has 0 unspecified atom stereocenters. The molecule has 7 heteroatoms. The van der Waals surface area contributed by atoms with Gasteiger partial charge in [0.25, 0.3) is 5.91 Å². The van der Waals surface area contributed by atoms with E-state index in [1.165, 1.54) is 0 Å². The van der Waals surface area contributed by atoms with Crippen LogP contribution >= 0.6 is 0 Å². The number of nitrogens with zero attached hydrogens (tertiary/aromatic N) is 1. The fourth-order valence-electron chi connectivity index (χ4n) is 4.18. The second kappa shape index (κ2) is 11.9. The van der Waals surface area contributed by atoms with Crippen LogP contribution in [0, 0.1) is 5.92 Å². The lowest BCUT2D eigenvalue weighted by atomic mass is 9.96. The highest BCUT2D eigenvalue weighted by Gasteiger charge is 2.26. The number of carbonyl (C=O) groups excluding carboxylic acids is 3. The number of carbonyl (C=O) groups is 3. The van der Waals surface area contributed by atoms with Crippen LogP contribution in [0.2, 0.25) is 0 Å². The Labute approximate surface area is 205 Å². The van der Waals surface area contributed by atoms with Gasteiger partial charge >= 0.3 is 0 Å². The Hall–Kier alpha value is -3.97. The monoisotopic (exact) mass is 470 g/mol. The number of anilines is 2. The highest BCUT2D eigenvalue weighted by Crippen LogP contribution is 2.20. The summed E-state index contributed by atoms with van der Waals surface area (Å²) >= 11 is 0. The summed E-state index contributed by atoms with van der Waals surface area (Å²) < 4.78 is 0. The van der Waals surface area contributed by atoms with Crippen molar-refractivity contribution in [1.29, 1.82) is 0 Å². The summed E-state index contributed by atoms with van der Waals surface area (Å²) in [5, 5.41) is 8.75. The van der Waals surface area contributed by atoms with Gasteiger partial charge in [-0.25, -0.2) is 0 Å². The predicted octanol–water partition coefficient (Wildman–Crippen LogP) is 3.91. The van der Waals surface area contributed by atoms with Gasteiger partial charge in [0.2, 0.25) is 11.8 Å². The third kappa shape index (κ3) is 7.01. The van der Waals surface area contributed by atoms with E-state index in [1.807, 2.05) is 65.6 Å². The Morgan fingerprint density at radius 2 is 1.40 bits per heavy atom. The Morgan fingerprint density at radius 1 is 0.771 bits per heavy atom. The lowest BCUT2D eigenvalue weighted by Gasteiger charge is -2.30. The molecule has 1 aliphatic rings. The molecular formula is C28H30N4O3. The van der Waals surface area contributed by atoms with E-state index in [0.29, 0.717) is 43.7 Å². The molecule has 0 bridgehead atoms. The molecule has 35 heavy (non-hydrogen) atoms. The van der Waals surface area contributed by atoms with Crippen molar-refractivity contribution in [3.8, 4) is 0 Å². The zero-order valence-corrected chi connectivity index (χ0v) is 19.6. The molecule has 1 fully saturated rings. The van der Waals surface area contributed by atoms with E-state index in [1.54, 1.807) is 24.3 Å². The van der Waals surface area contributed by atoms with Gasteiger partial charge in [0.1, 0.15) is 0 Å². The summed E-state index contributed by atoms with van der Waals surface area (Å²) in [7, 11) is 0. The highest BCUT2D eigenvalue weighted by molar-refractivity contribution is 6.04. The number of nitrogens with one attached hydrogen (secondary N) is 3. The second-order valence-electron chi connectivity index (χ2n) is 8.67. The molecule has 0 spiro atoms. The van der Waals surface area contributed by atoms with Crippen LogP contribution in [0.4, 0.5) is 11.4 Å². The third-order valence-corrected chi connectivity index (χ3v) is 6.11. The molecule has 1 aliphatic heterocycles. The average molecular weight is 471 g/mol. The van der Waals surface area contributed by atoms with Crippen molar-refractivity contribution < 1.29 is 14.4 Å². The summed E-state index contributed by atoms with van der Waals surface area (Å²) in [5.41, 5.74) is 2.71. The first-order valence-corrected chi connectivity index (χ1v) is 11.9. The van der Waals surface area contributed by atoms with E-state index >= 15 is 0 Å². The fourth-order valence-corrected chi connectivity index (χ4v) is 4.18. The molecule has 0 atom stereocenters. The molecule has 0 saturated carbocycles. The van der Waals surface area contributed by atoms with Crippen molar-refractivity contribution in [3.05, 3.63) is 96.1 Å². The zero-order valence-electron chi connectivity index (χ0n) is 19.6. The molecule has 0 aliphatic carbocycles. The van der Waals surface area contributed by atoms with Crippen molar-refractivity contribution in [3.63, 3.8) is 0 Å². The summed E-state index contributed by atoms with van der Waals surface area (Å²) in [6.45, 7) is 1.96. The summed E-state index contributed by atoms with van der Waals surface area (Å²) in [6.07, 6.45) is 1.40. The lowest BCUT2D eigenvalue weighted by molar-refractivity contribution is -0.121. The van der Waals surface area contributed by atoms with E-state index in [2.05, 4.69) is 16.0 Å². The van der Waals surface area contributed by atoms with E-state index in [4.69, 9.17) is 0 Å². The van der Waals surface area contributed by atoms with Gasteiger partial charge < -0.3 is 16.0 Å². The number of amides is 3. The number of benzene rings is 3. The van der Waals surface area contributed by atoms with Crippen LogP contribution in [-0.2, 0) is 16.1 Å². The van der Waals surface area contributed by atoms with Gasteiger partial charge in [-0.05, 0) is 55.8 Å². The van der Waals surface area contributed by atoms with Gasteiger partial charge in [0.15, 0.2) is 0 Å². The largest absolute Gasteiger partial charge is 0.348 e. The first kappa shape index (κ1) is 24.2. The van der Waals surface area contributed by atoms with Gasteiger partial charge in [-0.1, -0.05) is 60.7 Å². The predicted molar refractivity (Wildman–Crippen MR) is 137 cm³/mol. The van der Waals surface area contributed by atoms with Gasteiger partial charge in [-0.3, -0.25) is 19.3 Å². The van der Waals surface area contributed by atoms with Crippen molar-refractivity contribution >= 4 is 29.1 Å². The summed E-state index contributed by atoms with van der Waals surface area (Å²) in [5.74, 6) is -0.463. The molecule has 3 N–H and O–H groups in total. The number of piperidine rings is 1. The number of hydrogen-bond acceptors (Lipinski definition) is 4. The molecule has 7 nitrogen and oxygen atoms in total. The van der Waals surface area contributed by atoms with E-state index in [0.717, 1.165) is 11.3 Å². The van der Waals surface area contributed by atoms with Crippen molar-refractivity contribution in [2.75, 3.05) is 30.3 Å². The summed E-state index contributed by atoms with van der Waals surface area (Å²) in [6, 6.07) is 26.1. The Bertz CT molecular complexity index is 1140. The zero-order chi connectivity index (χ0) is 24.5. The highest BCUT2D eigenvalue weighted by atomic mass is 16.2. The maximum absolute atomic E-state index is 12.7. The van der Waals surface area contributed by atoms with Crippen LogP contribution in [0.25, 0.3) is 0 Å². The molecule has 1 saturated heterocycles. The smallest absolute Gasteiger partial charge is 0.253 e. The third-order valence-electron chi connectivity index (χ3n) is 6.11. The molecule has 1 heterocycles. The molecule has 3 aromatic rings. The lowest BCUT2D eigenvalue weighted by Crippen LogP contribution is -2.42. The molecule has 180 valence electrons. The Morgan fingerprint density at radius 3 is 2.11 bits per heavy atom. The SMILES string of the molecule is O=C(CN1CCC(C(=O)Nc2ccccc2)CC1)Nc1ccccc1C(=O)NCc1ccccc1. The van der Waals surface area contributed by atoms with Gasteiger partial charge in [0, 0.05) is 18.2 Å². The summed E-state index contributed by atoms with van der Waals surface area (Å²) in [4.78, 5) is 40.0. The molecule has 0 aromatic heterocycles. The number of hydrogen-bond donors (Lipinski definition) is 3. The quantitative estimate of drug-likeness (QED) is 0.466. The van der Waals surface area contributed by atoms with E-state index in [-0.39, 0.29) is 30.2 Å². The van der Waals surface area contributed by atoms with Crippen LogP contribution in [-0.4, -0.2) is 42.3 Å². The van der Waals surface area contributed by atoms with Gasteiger partial charge in [0.05, 0.1) is 17.8 Å². The average Bonchev–Trinajstić information content (AvgIpc) is 2.89. The minimum absolute atomic E-state index is 0.0238. The topological polar surface area (TPSA) is 90.5 Å². The first-order valence-electron chi connectivity index (χ1n) is 11.9. The minimum atomic E-state index is -0.241. The molecule has 3 aromatic carbocycles. The van der Waals surface area contributed by atoms with Crippen LogP contribution in [0.5, 0.6) is 0 Å². The van der Waals surface area contributed by atoms with Crippen LogP contribution in [0.3, 0.4) is 0 Å². The fraction of sp³-hybridized carbons (Fsp3) is 0.250. The molecule has 3 amide bonds. The number of likely N-dealkylation sites (tertiary alicyclic amines) is 1. The van der Waals surface area contributed by atoms with E-state index in [9.17, 15) is 14.4 Å². The van der Waals surface area contributed by atoms with Gasteiger partial charge in [-0.2, -0.15) is 0 Å². The standard InChI is InChI=1S/C28H30N4O3/c33-26(20-32-17-15-22(16-18-32)27(34)30-23-11-5-2-6-12-23)31-25-14-8-7-13-24(25)28(35)29-19-21-9-3-1-4-10-21/h1-14,22H,15-20H2,(H,29,35)(H,30,34)(H,31,33). The second-order valence-corrected chi connectivity index (χ2v) is 8.67. The Balaban J connectivity index is 1.25. The molecule has 0 radical (unpaired) electrons. The maximum atomic E-state index is 12.7. The van der Waals surface area contributed by atoms with Crippen LogP contribution in [0.1, 0.15) is 28.8 Å². The van der Waals surface area contributed by atoms with Gasteiger partial charge in [-0.15, -0.1) is 0 Å². The van der Waals surface area contributed by atoms with E-state index < -0.39 is 0 Å². The number of rotatable bonds is 8. The maximum Gasteiger partial charge on any atom is 0.253 e. The number of para-hydroxylation sites is 2. The van der Waals surface area contributed by atoms with Crippen molar-refractivity contribution in [1.82, 2.24) is 10.2 Å². The Kier molecular flexibility index (Phi) is 8.25. The van der Waals surface area contributed by atoms with Crippen LogP contribution in [0.15, 0.2) is 84.9 Å². The molecule has 4 rings (SSSR count). The van der Waals surface area contributed by atoms with Crippen molar-refractivity contribution in [2.45, 2.75) is 19.4 Å². The molecular weight excluding hydrogens is 440 g/mol. The van der Waals surface area contributed by atoms with Crippen molar-refractivity contribution in [2.24, 2.45) is 5.92 Å². The van der Waals surface area contributed by atoms with Crippen LogP contribution < -0.4 is 16.0 Å². The minimum Gasteiger partial charge on any atom is -0.348 e.